The summed E-state index contributed by atoms with van der Waals surface area (Å²) >= 11 is 0. The second kappa shape index (κ2) is 11.6. The average Bonchev–Trinajstić information content (AvgIpc) is 3.57. The topological polar surface area (TPSA) is 173 Å². The van der Waals surface area contributed by atoms with Crippen LogP contribution in [0.15, 0.2) is 76.0 Å². The van der Waals surface area contributed by atoms with Crippen LogP contribution in [0.4, 0.5) is 0 Å². The van der Waals surface area contributed by atoms with Crippen molar-refractivity contribution in [3.8, 4) is 11.5 Å². The van der Waals surface area contributed by atoms with E-state index in [-0.39, 0.29) is 18.1 Å². The molecule has 0 saturated heterocycles. The third-order valence-electron chi connectivity index (χ3n) is 6.22. The number of allylic oxidation sites excluding steroid dienone is 4. The molecule has 0 radical (unpaired) electrons. The summed E-state index contributed by atoms with van der Waals surface area (Å²) in [6, 6.07) is 10.2. The molecule has 0 spiro atoms. The highest BCUT2D eigenvalue weighted by atomic mass is 16.3. The van der Waals surface area contributed by atoms with E-state index in [9.17, 15) is 15.3 Å². The van der Waals surface area contributed by atoms with E-state index in [1.165, 1.54) is 9.58 Å². The van der Waals surface area contributed by atoms with Gasteiger partial charge in [-0.2, -0.15) is 10.2 Å². The third kappa shape index (κ3) is 5.73. The molecule has 4 aromatic rings. The molecule has 2 aromatic heterocycles. The van der Waals surface area contributed by atoms with Crippen molar-refractivity contribution in [1.29, 1.82) is 0 Å². The van der Waals surface area contributed by atoms with Crippen molar-refractivity contribution in [1.82, 2.24) is 40.6 Å². The highest BCUT2D eigenvalue weighted by Crippen LogP contribution is 2.40. The minimum atomic E-state index is 0.0274. The van der Waals surface area contributed by atoms with Crippen LogP contribution in [0.3, 0.4) is 0 Å². The molecule has 2 heterocycles. The average molecular weight is 539 g/mol. The van der Waals surface area contributed by atoms with Gasteiger partial charge in [0.25, 0.3) is 0 Å². The van der Waals surface area contributed by atoms with Crippen molar-refractivity contribution in [2.45, 2.75) is 26.7 Å². The van der Waals surface area contributed by atoms with Crippen molar-refractivity contribution in [2.75, 3.05) is 6.61 Å². The lowest BCUT2D eigenvalue weighted by Crippen LogP contribution is -2.01. The summed E-state index contributed by atoms with van der Waals surface area (Å²) < 4.78 is 0. The number of aryl methyl sites for hydroxylation is 2. The zero-order valence-electron chi connectivity index (χ0n) is 21.8. The number of nitrogens with zero attached hydrogens (tertiary/aromatic N) is 10. The summed E-state index contributed by atoms with van der Waals surface area (Å²) in [6.45, 7) is 3.51. The minimum absolute atomic E-state index is 0.0274. The summed E-state index contributed by atoms with van der Waals surface area (Å²) in [5.41, 5.74) is 4.87. The Morgan fingerprint density at radius 3 is 1.82 bits per heavy atom. The number of aliphatic hydroxyl groups excluding tert-OH is 1. The number of tetrazole rings is 2. The van der Waals surface area contributed by atoms with E-state index in [2.05, 4.69) is 41.3 Å². The molecule has 13 nitrogen and oxygen atoms in total. The molecule has 13 heteroatoms. The van der Waals surface area contributed by atoms with Gasteiger partial charge in [0, 0.05) is 17.7 Å². The van der Waals surface area contributed by atoms with E-state index >= 15 is 0 Å². The Morgan fingerprint density at radius 2 is 1.40 bits per heavy atom. The predicted octanol–water partition coefficient (Wildman–Crippen LogP) is 2.52. The molecule has 40 heavy (non-hydrogen) atoms. The van der Waals surface area contributed by atoms with Crippen LogP contribution in [0.2, 0.25) is 0 Å². The number of aliphatic hydroxyl groups is 1. The SMILES string of the molecule is Cc1nnnn1/N=C/c1ccc(O)c(C(=C2C=CC(CCO)=CC2)c2cc(/C=N/n3nnnc3C)ccc2O)c1. The molecule has 2 aromatic carbocycles. The van der Waals surface area contributed by atoms with Gasteiger partial charge in [-0.05, 0) is 112 Å². The van der Waals surface area contributed by atoms with Crippen LogP contribution in [0, 0.1) is 13.8 Å². The van der Waals surface area contributed by atoms with Gasteiger partial charge in [0.05, 0.1) is 12.4 Å². The number of phenolic OH excluding ortho intramolecular Hbond substituents is 2. The summed E-state index contributed by atoms with van der Waals surface area (Å²) in [5, 5.41) is 62.5. The maximum Gasteiger partial charge on any atom is 0.173 e. The number of aromatic hydroxyl groups is 2. The van der Waals surface area contributed by atoms with Gasteiger partial charge in [-0.1, -0.05) is 18.2 Å². The van der Waals surface area contributed by atoms with Gasteiger partial charge >= 0.3 is 0 Å². The third-order valence-corrected chi connectivity index (χ3v) is 6.22. The Bertz CT molecular complexity index is 1590. The molecule has 0 aliphatic heterocycles. The highest BCUT2D eigenvalue weighted by molar-refractivity contribution is 5.93. The van der Waals surface area contributed by atoms with Gasteiger partial charge in [0.2, 0.25) is 0 Å². The fourth-order valence-electron chi connectivity index (χ4n) is 4.15. The highest BCUT2D eigenvalue weighted by Gasteiger charge is 2.19. The van der Waals surface area contributed by atoms with Crippen LogP contribution in [0.25, 0.3) is 5.57 Å². The van der Waals surface area contributed by atoms with Crippen molar-refractivity contribution in [3.05, 3.63) is 99.7 Å². The van der Waals surface area contributed by atoms with Crippen molar-refractivity contribution < 1.29 is 15.3 Å². The number of phenols is 2. The number of rotatable bonds is 8. The summed E-state index contributed by atoms with van der Waals surface area (Å²) in [6.07, 6.45) is 10.1. The molecule has 202 valence electrons. The lowest BCUT2D eigenvalue weighted by atomic mass is 9.86. The van der Waals surface area contributed by atoms with E-state index in [0.717, 1.165) is 11.1 Å². The van der Waals surface area contributed by atoms with Crippen molar-refractivity contribution in [2.24, 2.45) is 10.2 Å². The number of aromatic nitrogens is 8. The lowest BCUT2D eigenvalue weighted by Gasteiger charge is -2.19. The zero-order chi connectivity index (χ0) is 28.1. The van der Waals surface area contributed by atoms with Crippen LogP contribution >= 0.6 is 0 Å². The molecular weight excluding hydrogens is 512 g/mol. The molecule has 5 rings (SSSR count). The molecule has 0 fully saturated rings. The Balaban J connectivity index is 1.61. The fourth-order valence-corrected chi connectivity index (χ4v) is 4.15. The minimum Gasteiger partial charge on any atom is -0.507 e. The maximum absolute atomic E-state index is 11.0. The van der Waals surface area contributed by atoms with Crippen LogP contribution in [-0.2, 0) is 0 Å². The second-order valence-electron chi connectivity index (χ2n) is 8.96. The number of hydrogen-bond donors (Lipinski definition) is 3. The van der Waals surface area contributed by atoms with E-state index < -0.39 is 0 Å². The van der Waals surface area contributed by atoms with Crippen LogP contribution < -0.4 is 0 Å². The summed E-state index contributed by atoms with van der Waals surface area (Å²) in [5.74, 6) is 1.10. The molecule has 3 N–H and O–H groups in total. The molecule has 1 aliphatic rings. The fraction of sp³-hybridized carbons (Fsp3) is 0.185. The van der Waals surface area contributed by atoms with E-state index in [0.29, 0.717) is 52.3 Å². The van der Waals surface area contributed by atoms with Gasteiger partial charge in [-0.3, -0.25) is 0 Å². The largest absolute Gasteiger partial charge is 0.507 e. The van der Waals surface area contributed by atoms with Gasteiger partial charge in [0.1, 0.15) is 11.5 Å². The van der Waals surface area contributed by atoms with E-state index in [1.54, 1.807) is 62.7 Å². The number of benzene rings is 2. The van der Waals surface area contributed by atoms with E-state index in [1.807, 2.05) is 18.2 Å². The van der Waals surface area contributed by atoms with Crippen molar-refractivity contribution >= 4 is 18.0 Å². The maximum atomic E-state index is 11.0. The van der Waals surface area contributed by atoms with Gasteiger partial charge in [-0.15, -0.1) is 19.8 Å². The lowest BCUT2D eigenvalue weighted by molar-refractivity contribution is 0.300. The van der Waals surface area contributed by atoms with Crippen LogP contribution in [0.1, 0.15) is 46.7 Å². The first-order valence-corrected chi connectivity index (χ1v) is 12.4. The molecule has 0 atom stereocenters. The molecule has 0 bridgehead atoms. The first kappa shape index (κ1) is 26.3. The Labute approximate surface area is 228 Å². The van der Waals surface area contributed by atoms with Gasteiger partial charge in [0.15, 0.2) is 11.6 Å². The number of hydrogen-bond acceptors (Lipinski definition) is 11. The molecule has 0 unspecified atom stereocenters. The molecule has 0 saturated carbocycles. The normalized spacial score (nSPS) is 13.5. The summed E-state index contributed by atoms with van der Waals surface area (Å²) in [4.78, 5) is 2.59. The Morgan fingerprint density at radius 1 is 0.850 bits per heavy atom. The monoisotopic (exact) mass is 538 g/mol. The molecule has 1 aliphatic carbocycles. The quantitative estimate of drug-likeness (QED) is 0.285. The molecular formula is C27H26N10O3. The predicted molar refractivity (Wildman–Crippen MR) is 147 cm³/mol. The second-order valence-corrected chi connectivity index (χ2v) is 8.96. The van der Waals surface area contributed by atoms with Crippen LogP contribution in [-0.4, -0.2) is 75.0 Å². The van der Waals surface area contributed by atoms with Gasteiger partial charge in [-0.25, -0.2) is 0 Å². The Kier molecular flexibility index (Phi) is 7.64. The first-order chi connectivity index (χ1) is 19.4. The Hall–Kier alpha value is -5.30. The smallest absolute Gasteiger partial charge is 0.173 e. The molecule has 0 amide bonds. The van der Waals surface area contributed by atoms with Crippen LogP contribution in [0.5, 0.6) is 11.5 Å². The first-order valence-electron chi connectivity index (χ1n) is 12.4. The van der Waals surface area contributed by atoms with E-state index in [4.69, 9.17) is 0 Å². The zero-order valence-corrected chi connectivity index (χ0v) is 21.8. The van der Waals surface area contributed by atoms with Gasteiger partial charge < -0.3 is 15.3 Å². The standard InChI is InChI=1S/C27H26N10O3/c1-17-30-32-34-36(17)28-15-20-5-9-25(39)23(13-20)27(22-7-3-19(4-8-22)11-12-38)24-14-21(6-10-26(24)40)16-29-37-18(2)31-33-35-37/h3-7,9-10,13-16,38-40H,8,11-12H2,1-2H3/b28-15+,29-16+. The van der Waals surface area contributed by atoms with Crippen molar-refractivity contribution in [3.63, 3.8) is 0 Å². The summed E-state index contributed by atoms with van der Waals surface area (Å²) in [7, 11) is 0.